The standard InChI is InChI=1S/C23H37O3/c1-4-5-6-7-8-9-10-11-12-13-14-15-19-25-26-23(24)22-18-16-17-20(2)21(22)3/h16-18H,1,4-15,19H2,2-3H3. The molecule has 0 fully saturated rings. The van der Waals surface area contributed by atoms with Crippen LogP contribution in [-0.4, -0.2) is 12.6 Å². The minimum Gasteiger partial charge on any atom is -0.293 e. The van der Waals surface area contributed by atoms with Gasteiger partial charge in [-0.2, -0.15) is 4.89 Å². The molecule has 26 heavy (non-hydrogen) atoms. The van der Waals surface area contributed by atoms with E-state index in [0.29, 0.717) is 12.2 Å². The number of benzene rings is 1. The average molecular weight is 362 g/mol. The summed E-state index contributed by atoms with van der Waals surface area (Å²) in [5, 5.41) is 0. The van der Waals surface area contributed by atoms with Crippen LogP contribution in [0, 0.1) is 20.8 Å². The van der Waals surface area contributed by atoms with Crippen LogP contribution in [-0.2, 0) is 9.78 Å². The predicted octanol–water partition coefficient (Wildman–Crippen LogP) is 6.91. The van der Waals surface area contributed by atoms with Gasteiger partial charge in [-0.25, -0.2) is 4.79 Å². The number of carbonyl (C=O) groups excluding carboxylic acids is 1. The first kappa shape index (κ1) is 22.7. The highest BCUT2D eigenvalue weighted by molar-refractivity contribution is 5.90. The molecule has 0 amide bonds. The summed E-state index contributed by atoms with van der Waals surface area (Å²) in [6, 6.07) is 5.62. The van der Waals surface area contributed by atoms with Crippen molar-refractivity contribution >= 4 is 5.97 Å². The molecular formula is C23H37O3. The highest BCUT2D eigenvalue weighted by atomic mass is 17.2. The highest BCUT2D eigenvalue weighted by Gasteiger charge is 2.12. The molecule has 0 aliphatic carbocycles. The van der Waals surface area contributed by atoms with E-state index in [1.165, 1.54) is 57.8 Å². The Labute approximate surface area is 160 Å². The fourth-order valence-electron chi connectivity index (χ4n) is 3.04. The summed E-state index contributed by atoms with van der Waals surface area (Å²) in [7, 11) is 0. The van der Waals surface area contributed by atoms with Crippen LogP contribution in [0.4, 0.5) is 0 Å². The third-order valence-corrected chi connectivity index (χ3v) is 4.94. The fourth-order valence-corrected chi connectivity index (χ4v) is 3.04. The van der Waals surface area contributed by atoms with E-state index in [-0.39, 0.29) is 0 Å². The number of unbranched alkanes of at least 4 members (excludes halogenated alkanes) is 11. The van der Waals surface area contributed by atoms with Crippen LogP contribution in [0.1, 0.15) is 98.5 Å². The molecule has 0 N–H and O–H groups in total. The largest absolute Gasteiger partial charge is 0.373 e. The number of hydrogen-bond donors (Lipinski definition) is 0. The van der Waals surface area contributed by atoms with E-state index in [1.807, 2.05) is 26.0 Å². The van der Waals surface area contributed by atoms with Crippen LogP contribution < -0.4 is 0 Å². The smallest absolute Gasteiger partial charge is 0.293 e. The van der Waals surface area contributed by atoms with Gasteiger partial charge in [0.05, 0.1) is 12.2 Å². The third-order valence-electron chi connectivity index (χ3n) is 4.94. The first-order valence-electron chi connectivity index (χ1n) is 10.4. The monoisotopic (exact) mass is 361 g/mol. The van der Waals surface area contributed by atoms with Crippen LogP contribution in [0.2, 0.25) is 0 Å². The molecule has 147 valence electrons. The third kappa shape index (κ3) is 9.96. The molecule has 0 aliphatic rings. The summed E-state index contributed by atoms with van der Waals surface area (Å²) < 4.78 is 0. The molecule has 0 aromatic heterocycles. The van der Waals surface area contributed by atoms with Crippen LogP contribution in [0.3, 0.4) is 0 Å². The van der Waals surface area contributed by atoms with Crippen molar-refractivity contribution < 1.29 is 14.6 Å². The summed E-state index contributed by atoms with van der Waals surface area (Å²) in [5.41, 5.74) is 2.61. The molecule has 1 aromatic carbocycles. The lowest BCUT2D eigenvalue weighted by Crippen LogP contribution is -2.09. The highest BCUT2D eigenvalue weighted by Crippen LogP contribution is 2.14. The Kier molecular flexibility index (Phi) is 12.9. The number of rotatable bonds is 15. The zero-order valence-corrected chi connectivity index (χ0v) is 16.9. The summed E-state index contributed by atoms with van der Waals surface area (Å²) in [6.45, 7) is 8.26. The van der Waals surface area contributed by atoms with Crippen LogP contribution in [0.5, 0.6) is 0 Å². The lowest BCUT2D eigenvalue weighted by atomic mass is 10.0. The number of carbonyl (C=O) groups is 1. The minimum absolute atomic E-state index is 0.401. The van der Waals surface area contributed by atoms with Crippen LogP contribution >= 0.6 is 0 Å². The summed E-state index contributed by atoms with van der Waals surface area (Å²) in [5.74, 6) is -0.401. The predicted molar refractivity (Wildman–Crippen MR) is 108 cm³/mol. The Bertz CT molecular complexity index is 496. The molecule has 0 saturated heterocycles. The summed E-state index contributed by atoms with van der Waals surface area (Å²) in [4.78, 5) is 22.0. The quantitative estimate of drug-likeness (QED) is 0.193. The van der Waals surface area contributed by atoms with Crippen molar-refractivity contribution in [3.63, 3.8) is 0 Å². The van der Waals surface area contributed by atoms with Gasteiger partial charge < -0.3 is 0 Å². The lowest BCUT2D eigenvalue weighted by molar-refractivity contribution is -0.241. The van der Waals surface area contributed by atoms with Gasteiger partial charge >= 0.3 is 5.97 Å². The van der Waals surface area contributed by atoms with E-state index in [1.54, 1.807) is 6.07 Å². The molecule has 0 spiro atoms. The normalized spacial score (nSPS) is 10.9. The van der Waals surface area contributed by atoms with E-state index in [9.17, 15) is 4.79 Å². The van der Waals surface area contributed by atoms with E-state index >= 15 is 0 Å². The first-order chi connectivity index (χ1) is 12.7. The number of hydrogen-bond acceptors (Lipinski definition) is 3. The van der Waals surface area contributed by atoms with Gasteiger partial charge in [0, 0.05) is 0 Å². The maximum atomic E-state index is 12.0. The molecule has 0 saturated carbocycles. The number of aryl methyl sites for hydroxylation is 1. The van der Waals surface area contributed by atoms with E-state index in [2.05, 4.69) is 6.92 Å². The van der Waals surface area contributed by atoms with Gasteiger partial charge in [0.1, 0.15) is 0 Å². The first-order valence-corrected chi connectivity index (χ1v) is 10.4. The van der Waals surface area contributed by atoms with Crippen LogP contribution in [0.25, 0.3) is 0 Å². The zero-order chi connectivity index (χ0) is 19.0. The molecule has 3 nitrogen and oxygen atoms in total. The van der Waals surface area contributed by atoms with Gasteiger partial charge in [-0.15, -0.1) is 0 Å². The topological polar surface area (TPSA) is 35.5 Å². The maximum absolute atomic E-state index is 12.0. The molecule has 1 rings (SSSR count). The molecule has 0 aliphatic heterocycles. The van der Waals surface area contributed by atoms with Crippen molar-refractivity contribution in [3.05, 3.63) is 41.8 Å². The molecular weight excluding hydrogens is 324 g/mol. The van der Waals surface area contributed by atoms with E-state index in [4.69, 9.17) is 9.78 Å². The van der Waals surface area contributed by atoms with Crippen molar-refractivity contribution in [3.8, 4) is 0 Å². The van der Waals surface area contributed by atoms with Gasteiger partial charge in [-0.3, -0.25) is 4.89 Å². The summed E-state index contributed by atoms with van der Waals surface area (Å²) in [6.07, 6.45) is 15.1. The van der Waals surface area contributed by atoms with Crippen molar-refractivity contribution in [1.29, 1.82) is 0 Å². The van der Waals surface area contributed by atoms with Crippen molar-refractivity contribution in [2.24, 2.45) is 0 Å². The second kappa shape index (κ2) is 14.8. The average Bonchev–Trinajstić information content (AvgIpc) is 2.64. The summed E-state index contributed by atoms with van der Waals surface area (Å²) >= 11 is 0. The Hall–Kier alpha value is -1.35. The molecule has 1 aromatic rings. The Balaban J connectivity index is 1.92. The fraction of sp³-hybridized carbons (Fsp3) is 0.652. The van der Waals surface area contributed by atoms with Crippen molar-refractivity contribution in [2.45, 2.75) is 90.9 Å². The Morgan fingerprint density at radius 1 is 0.846 bits per heavy atom. The molecule has 0 unspecified atom stereocenters. The van der Waals surface area contributed by atoms with E-state index < -0.39 is 5.97 Å². The molecule has 1 radical (unpaired) electrons. The zero-order valence-electron chi connectivity index (χ0n) is 16.9. The molecule has 0 heterocycles. The van der Waals surface area contributed by atoms with Gasteiger partial charge in [0.2, 0.25) is 0 Å². The molecule has 0 bridgehead atoms. The minimum atomic E-state index is -0.401. The van der Waals surface area contributed by atoms with Gasteiger partial charge in [-0.1, -0.05) is 89.7 Å². The van der Waals surface area contributed by atoms with Gasteiger partial charge in [0.15, 0.2) is 0 Å². The van der Waals surface area contributed by atoms with Gasteiger partial charge in [0.25, 0.3) is 0 Å². The van der Waals surface area contributed by atoms with Crippen LogP contribution in [0.15, 0.2) is 18.2 Å². The van der Waals surface area contributed by atoms with E-state index in [0.717, 1.165) is 30.4 Å². The Morgan fingerprint density at radius 2 is 1.38 bits per heavy atom. The van der Waals surface area contributed by atoms with Gasteiger partial charge in [-0.05, 0) is 37.5 Å². The maximum Gasteiger partial charge on any atom is 0.373 e. The molecule has 0 atom stereocenters. The van der Waals surface area contributed by atoms with Crippen molar-refractivity contribution in [1.82, 2.24) is 0 Å². The Morgan fingerprint density at radius 3 is 1.96 bits per heavy atom. The molecule has 3 heteroatoms. The lowest BCUT2D eigenvalue weighted by Gasteiger charge is -2.07. The second-order valence-electron chi connectivity index (χ2n) is 7.18. The van der Waals surface area contributed by atoms with Crippen molar-refractivity contribution in [2.75, 3.05) is 6.61 Å². The second-order valence-corrected chi connectivity index (χ2v) is 7.18. The SMILES string of the molecule is [CH2]CCCCCCCCCCCCCOOC(=O)c1cccc(C)c1C.